The van der Waals surface area contributed by atoms with E-state index in [-0.39, 0.29) is 5.56 Å². The van der Waals surface area contributed by atoms with Crippen LogP contribution in [0, 0.1) is 0 Å². The molecule has 12 aromatic carbocycles. The van der Waals surface area contributed by atoms with Gasteiger partial charge in [0.15, 0.2) is 8.07 Å². The molecule has 1 heterocycles. The van der Waals surface area contributed by atoms with Crippen LogP contribution < -0.4 is 51.9 Å². The first-order valence-electron chi connectivity index (χ1n) is 38.7. The van der Waals surface area contributed by atoms with Gasteiger partial charge in [0, 0.05) is 16.5 Å². The molecule has 0 atom stereocenters. The lowest BCUT2D eigenvalue weighted by atomic mass is 10.1. The highest BCUT2D eigenvalue weighted by Gasteiger charge is 2.53. The van der Waals surface area contributed by atoms with Crippen molar-refractivity contribution in [1.29, 1.82) is 0 Å². The molecule has 0 bridgehead atoms. The zero-order valence-corrected chi connectivity index (χ0v) is 43.4. The van der Waals surface area contributed by atoms with Gasteiger partial charge in [0.1, 0.15) is 0 Å². The first-order valence-corrected chi connectivity index (χ1v) is 30.0. The van der Waals surface area contributed by atoms with E-state index in [1.54, 1.807) is 12.1 Å². The number of para-hydroxylation sites is 2. The molecule has 5 heteroatoms. The smallest absolute Gasteiger partial charge is 0.278 e. The highest BCUT2D eigenvalue weighted by Crippen LogP contribution is 2.32. The molecule has 0 radical (unpaired) electrons. The summed E-state index contributed by atoms with van der Waals surface area (Å²) in [7, 11) is -18.3. The number of rotatable bonds is 14. The van der Waals surface area contributed by atoms with Crippen molar-refractivity contribution in [3.8, 4) is 16.8 Å². The predicted octanol–water partition coefficient (Wildman–Crippen LogP) is 10.5. The number of hydrogen-bond donors (Lipinski definition) is 0. The summed E-state index contributed by atoms with van der Waals surface area (Å²) in [4.78, 5) is 0. The van der Waals surface area contributed by atoms with Gasteiger partial charge in [0.05, 0.1) is 50.8 Å². The Morgan fingerprint density at radius 1 is 0.286 bits per heavy atom. The van der Waals surface area contributed by atoms with Gasteiger partial charge >= 0.3 is 0 Å². The first kappa shape index (κ1) is 25.7. The maximum Gasteiger partial charge on any atom is 0.278 e. The number of nitrogens with zero attached hydrogens (tertiary/aromatic N) is 1. The molecule has 0 aliphatic rings. The van der Waals surface area contributed by atoms with Crippen molar-refractivity contribution in [1.82, 2.24) is 4.57 Å². The molecule has 0 saturated carbocycles. The van der Waals surface area contributed by atoms with E-state index in [0.29, 0.717) is 5.19 Å². The second kappa shape index (κ2) is 20.6. The van der Waals surface area contributed by atoms with Crippen molar-refractivity contribution in [3.05, 3.63) is 333 Å². The molecule has 0 amide bonds. The zero-order chi connectivity index (χ0) is 76.7. The maximum atomic E-state index is 11.1. The standard InChI is InChI=1S/C72H55NOSi3/c1-8-32-59(33-9-1)75(60-34-10-2-11-35-60,67-47-28-31-58(55-67)73-71-51-24-22-49-69(71)70-50-23-25-52-72(70)73)66-46-26-29-56(53-66)57-30-27-48-68(54-57)77(64-42-18-6-19-43-64,65-44-20-7-21-45-65)74-76(61-36-12-3-13-37-61,62-38-14-4-15-39-62)63-40-16-5-17-41-63/h1-55H/i3D,4D,5D,6D,7D,12D,13D,14D,15D,16D,17D,18D,19D,20D,21D,27D,30D,36D,37D,38D,39D,40D,41D,42D,43D,44D,45D,48D,54D. The van der Waals surface area contributed by atoms with E-state index in [4.69, 9.17) is 11.0 Å². The van der Waals surface area contributed by atoms with E-state index in [1.807, 2.05) is 133 Å². The molecule has 366 valence electrons. The summed E-state index contributed by atoms with van der Waals surface area (Å²) in [5.41, 5.74) is 1.74. The lowest BCUT2D eigenvalue weighted by Crippen LogP contribution is -2.81. The fourth-order valence-corrected chi connectivity index (χ4v) is 24.0. The second-order valence-electron chi connectivity index (χ2n) is 17.7. The highest BCUT2D eigenvalue weighted by molar-refractivity contribution is 7.20. The quantitative estimate of drug-likeness (QED) is 0.0782. The van der Waals surface area contributed by atoms with Crippen LogP contribution in [0.1, 0.15) is 39.8 Å². The molecule has 0 aliphatic heterocycles. The minimum absolute atomic E-state index is 0.139. The van der Waals surface area contributed by atoms with Crippen LogP contribution in [0.4, 0.5) is 0 Å². The van der Waals surface area contributed by atoms with E-state index in [0.717, 1.165) is 43.1 Å². The summed E-state index contributed by atoms with van der Waals surface area (Å²) in [5.74, 6) is 0. The van der Waals surface area contributed by atoms with Gasteiger partial charge in [-0.1, -0.05) is 309 Å². The van der Waals surface area contributed by atoms with Gasteiger partial charge < -0.3 is 8.68 Å². The van der Waals surface area contributed by atoms with Crippen LogP contribution >= 0.6 is 0 Å². The Hall–Kier alpha value is -8.95. The van der Waals surface area contributed by atoms with E-state index in [2.05, 4.69) is 10.6 Å². The van der Waals surface area contributed by atoms with Crippen LogP contribution in [0.15, 0.2) is 333 Å². The summed E-state index contributed by atoms with van der Waals surface area (Å²) in [6.45, 7) is 0. The molecule has 13 aromatic rings. The molecule has 0 spiro atoms. The van der Waals surface area contributed by atoms with Gasteiger partial charge in [0.25, 0.3) is 16.6 Å². The minimum atomic E-state index is -7.24. The van der Waals surface area contributed by atoms with Crippen LogP contribution in [-0.2, 0) is 4.12 Å². The van der Waals surface area contributed by atoms with Gasteiger partial charge in [-0.05, 0) is 87.3 Å². The molecule has 77 heavy (non-hydrogen) atoms. The third-order valence-electron chi connectivity index (χ3n) is 13.7. The lowest BCUT2D eigenvalue weighted by molar-refractivity contribution is 0.600. The van der Waals surface area contributed by atoms with E-state index < -0.39 is 237 Å². The normalized spacial score (nSPS) is 17.2. The van der Waals surface area contributed by atoms with Crippen molar-refractivity contribution >= 4 is 98.4 Å². The van der Waals surface area contributed by atoms with Gasteiger partial charge in [-0.2, -0.15) is 0 Å². The fraction of sp³-hybridized carbons (Fsp3) is 0. The summed E-state index contributed by atoms with van der Waals surface area (Å²) < 4.78 is 290. The number of aromatic nitrogens is 1. The monoisotopic (exact) mass is 1060 g/mol. The molecule has 0 fully saturated rings. The largest absolute Gasteiger partial charge is 0.435 e. The lowest BCUT2D eigenvalue weighted by Gasteiger charge is -2.44. The van der Waals surface area contributed by atoms with Gasteiger partial charge in [-0.25, -0.2) is 0 Å². The summed E-state index contributed by atoms with van der Waals surface area (Å²) >= 11 is 0. The Labute approximate surface area is 495 Å². The van der Waals surface area contributed by atoms with Gasteiger partial charge in [-0.15, -0.1) is 0 Å². The first-order chi connectivity index (χ1) is 50.2. The Balaban J connectivity index is 1.28. The minimum Gasteiger partial charge on any atom is -0.435 e. The predicted molar refractivity (Wildman–Crippen MR) is 332 cm³/mol. The van der Waals surface area contributed by atoms with Gasteiger partial charge in [0.2, 0.25) is 0 Å². The Morgan fingerprint density at radius 2 is 0.662 bits per heavy atom. The average molecular weight is 1060 g/mol. The summed E-state index contributed by atoms with van der Waals surface area (Å²) in [6.07, 6.45) is 0. The molecule has 13 rings (SSSR count). The van der Waals surface area contributed by atoms with E-state index in [1.165, 1.54) is 6.07 Å². The molecular formula is C72H55NOSi3. The Kier molecular flexibility index (Phi) is 6.90. The summed E-state index contributed by atoms with van der Waals surface area (Å²) in [5, 5.41) is -3.39. The van der Waals surface area contributed by atoms with Crippen molar-refractivity contribution in [2.24, 2.45) is 0 Å². The van der Waals surface area contributed by atoms with Gasteiger partial charge in [-0.3, -0.25) is 0 Å². The topological polar surface area (TPSA) is 14.2 Å². The Morgan fingerprint density at radius 3 is 1.13 bits per heavy atom. The molecule has 1 aromatic heterocycles. The SMILES string of the molecule is [2H]c1c([2H])c([2H])c([Si](O[Si](c2c([2H])c([2H])c([2H])c([2H])c2[2H])(c2c([2H])c([2H])c([2H])c([2H])c2[2H])c2c([2H])c([2H])c([2H])c(-c3cccc([Si](c4ccccc4)(c4ccccc4)c4cccc(-n5c6ccccc6c6ccccc65)c4)c3)c2[2H])(c2c([2H])c([2H])c([2H])c([2H])c2[2H])c2c([2H])c([2H])c([2H])c([2H])c2[2H])c([2H])c1[2H]. The van der Waals surface area contributed by atoms with Crippen LogP contribution in [0.5, 0.6) is 0 Å². The Bertz CT molecular complexity index is 5450. The van der Waals surface area contributed by atoms with E-state index in [9.17, 15) is 32.9 Å². The van der Waals surface area contributed by atoms with Crippen LogP contribution in [0.25, 0.3) is 38.6 Å². The van der Waals surface area contributed by atoms with Crippen molar-refractivity contribution in [3.63, 3.8) is 0 Å². The van der Waals surface area contributed by atoms with Crippen LogP contribution in [0.3, 0.4) is 0 Å². The molecule has 0 unspecified atom stereocenters. The molecular weight excluding hydrogens is 979 g/mol. The molecule has 0 N–H and O–H groups in total. The second-order valence-corrected chi connectivity index (χ2v) is 28.0. The van der Waals surface area contributed by atoms with Crippen molar-refractivity contribution < 1.29 is 43.9 Å². The third-order valence-corrected chi connectivity index (χ3v) is 26.6. The molecule has 0 aliphatic carbocycles. The number of fused-ring (bicyclic) bond motifs is 3. The third kappa shape index (κ3) is 8.29. The molecule has 2 nitrogen and oxygen atoms in total. The average Bonchev–Trinajstić information content (AvgIpc) is 0.736. The van der Waals surface area contributed by atoms with E-state index >= 15 is 0 Å². The zero-order valence-electron chi connectivity index (χ0n) is 69.4. The summed E-state index contributed by atoms with van der Waals surface area (Å²) in [6, 6.07) is 10.8. The van der Waals surface area contributed by atoms with Crippen LogP contribution in [0.2, 0.25) is 0 Å². The van der Waals surface area contributed by atoms with Crippen LogP contribution in [-0.4, -0.2) is 29.3 Å². The fourth-order valence-electron chi connectivity index (χ4n) is 10.4. The van der Waals surface area contributed by atoms with Crippen molar-refractivity contribution in [2.45, 2.75) is 0 Å². The number of benzene rings is 12. The highest BCUT2D eigenvalue weighted by atomic mass is 28.4. The molecule has 0 saturated heterocycles. The number of hydrogen-bond acceptors (Lipinski definition) is 1. The van der Waals surface area contributed by atoms with Crippen molar-refractivity contribution in [2.75, 3.05) is 0 Å². The maximum absolute atomic E-state index is 11.1.